The van der Waals surface area contributed by atoms with E-state index in [0.717, 1.165) is 65.3 Å². The van der Waals surface area contributed by atoms with Gasteiger partial charge in [0, 0.05) is 23.5 Å². The van der Waals surface area contributed by atoms with Crippen LogP contribution in [0.25, 0.3) is 22.0 Å². The van der Waals surface area contributed by atoms with Crippen LogP contribution in [0.15, 0.2) is 42.5 Å². The average Bonchev–Trinajstić information content (AvgIpc) is 2.77. The Morgan fingerprint density at radius 3 is 2.44 bits per heavy atom. The average molecular weight is 455 g/mol. The molecule has 0 bridgehead atoms. The molecule has 1 fully saturated rings. The first-order chi connectivity index (χ1) is 15.3. The number of fused-ring (bicyclic) bond motifs is 1. The van der Waals surface area contributed by atoms with Crippen LogP contribution in [0.2, 0.25) is 5.02 Å². The van der Waals surface area contributed by atoms with Gasteiger partial charge in [0.1, 0.15) is 11.9 Å². The Bertz CT molecular complexity index is 1090. The SMILES string of the molecule is Cc1cc2nc(N3CCOCC3)ccc2c(-c2ccc(Cl)cc2)c1C(CO)OC(C)(C)C. The Labute approximate surface area is 194 Å². The van der Waals surface area contributed by atoms with Crippen LogP contribution < -0.4 is 4.90 Å². The van der Waals surface area contributed by atoms with Crippen LogP contribution in [0.1, 0.15) is 38.0 Å². The van der Waals surface area contributed by atoms with Gasteiger partial charge in [-0.15, -0.1) is 0 Å². The number of aliphatic hydroxyl groups is 1. The number of hydrogen-bond acceptors (Lipinski definition) is 5. The lowest BCUT2D eigenvalue weighted by Gasteiger charge is -2.30. The smallest absolute Gasteiger partial charge is 0.129 e. The van der Waals surface area contributed by atoms with Gasteiger partial charge in [-0.2, -0.15) is 0 Å². The maximum absolute atomic E-state index is 10.3. The number of anilines is 1. The van der Waals surface area contributed by atoms with Crippen molar-refractivity contribution < 1.29 is 14.6 Å². The maximum atomic E-state index is 10.3. The summed E-state index contributed by atoms with van der Waals surface area (Å²) < 4.78 is 11.8. The van der Waals surface area contributed by atoms with Gasteiger partial charge in [-0.1, -0.05) is 23.7 Å². The van der Waals surface area contributed by atoms with Crippen molar-refractivity contribution in [3.63, 3.8) is 0 Å². The minimum atomic E-state index is -0.455. The molecule has 1 saturated heterocycles. The van der Waals surface area contributed by atoms with E-state index in [4.69, 9.17) is 26.1 Å². The van der Waals surface area contributed by atoms with E-state index >= 15 is 0 Å². The zero-order valence-electron chi connectivity index (χ0n) is 19.2. The van der Waals surface area contributed by atoms with Crippen molar-refractivity contribution in [2.24, 2.45) is 0 Å². The number of aryl methyl sites for hydroxylation is 1. The van der Waals surface area contributed by atoms with Gasteiger partial charge in [-0.05, 0) is 80.3 Å². The number of ether oxygens (including phenoxy) is 2. The Morgan fingerprint density at radius 1 is 1.12 bits per heavy atom. The summed E-state index contributed by atoms with van der Waals surface area (Å²) in [5.74, 6) is 0.958. The third kappa shape index (κ3) is 4.91. The second kappa shape index (κ2) is 9.36. The summed E-state index contributed by atoms with van der Waals surface area (Å²) in [6.07, 6.45) is -0.455. The number of benzene rings is 2. The first-order valence-electron chi connectivity index (χ1n) is 11.1. The quantitative estimate of drug-likeness (QED) is 0.547. The van der Waals surface area contributed by atoms with Crippen LogP contribution in [0.3, 0.4) is 0 Å². The highest BCUT2D eigenvalue weighted by Crippen LogP contribution is 2.40. The summed E-state index contributed by atoms with van der Waals surface area (Å²) in [6, 6.07) is 14.1. The first kappa shape index (κ1) is 23.0. The second-order valence-corrected chi connectivity index (χ2v) is 9.66. The van der Waals surface area contributed by atoms with E-state index in [0.29, 0.717) is 5.02 Å². The van der Waals surface area contributed by atoms with E-state index in [9.17, 15) is 5.11 Å². The monoisotopic (exact) mass is 454 g/mol. The zero-order valence-corrected chi connectivity index (χ0v) is 19.9. The van der Waals surface area contributed by atoms with Crippen molar-refractivity contribution in [3.05, 3.63) is 58.6 Å². The molecule has 5 nitrogen and oxygen atoms in total. The minimum Gasteiger partial charge on any atom is -0.393 e. The molecule has 32 heavy (non-hydrogen) atoms. The topological polar surface area (TPSA) is 54.8 Å². The standard InChI is InChI=1S/C26H31ClN2O3/c1-17-15-21-20(9-10-23(28-21)29-11-13-31-14-12-29)25(18-5-7-19(27)8-6-18)24(17)22(16-30)32-26(2,3)4/h5-10,15,22,30H,11-14,16H2,1-4H3. The summed E-state index contributed by atoms with van der Waals surface area (Å²) in [5.41, 5.74) is 4.60. The van der Waals surface area contributed by atoms with E-state index in [1.807, 2.05) is 45.0 Å². The van der Waals surface area contributed by atoms with E-state index in [1.165, 1.54) is 0 Å². The Morgan fingerprint density at radius 2 is 1.81 bits per heavy atom. The third-order valence-corrected chi connectivity index (χ3v) is 5.93. The van der Waals surface area contributed by atoms with Crippen LogP contribution in [0.4, 0.5) is 5.82 Å². The molecule has 6 heteroatoms. The van der Waals surface area contributed by atoms with Crippen molar-refractivity contribution in [1.29, 1.82) is 0 Å². The van der Waals surface area contributed by atoms with Crippen LogP contribution in [-0.4, -0.2) is 48.6 Å². The van der Waals surface area contributed by atoms with Crippen molar-refractivity contribution >= 4 is 28.3 Å². The van der Waals surface area contributed by atoms with Gasteiger partial charge in [-0.3, -0.25) is 0 Å². The molecule has 1 aliphatic heterocycles. The summed E-state index contributed by atoms with van der Waals surface area (Å²) in [5, 5.41) is 12.0. The highest BCUT2D eigenvalue weighted by molar-refractivity contribution is 6.30. The lowest BCUT2D eigenvalue weighted by Crippen LogP contribution is -2.36. The lowest BCUT2D eigenvalue weighted by molar-refractivity contribution is -0.0821. The van der Waals surface area contributed by atoms with Gasteiger partial charge >= 0.3 is 0 Å². The molecule has 1 aliphatic rings. The molecule has 0 amide bonds. The molecule has 1 aromatic heterocycles. The van der Waals surface area contributed by atoms with Gasteiger partial charge in [0.15, 0.2) is 0 Å². The number of halogens is 1. The summed E-state index contributed by atoms with van der Waals surface area (Å²) >= 11 is 6.18. The fourth-order valence-electron chi connectivity index (χ4n) is 4.34. The molecule has 2 heterocycles. The van der Waals surface area contributed by atoms with Crippen LogP contribution in [0, 0.1) is 6.92 Å². The normalized spacial score (nSPS) is 15.9. The molecule has 1 unspecified atom stereocenters. The van der Waals surface area contributed by atoms with E-state index in [-0.39, 0.29) is 6.61 Å². The number of nitrogens with zero attached hydrogens (tertiary/aromatic N) is 2. The number of morpholine rings is 1. The Hall–Kier alpha value is -2.18. The zero-order chi connectivity index (χ0) is 22.9. The molecule has 0 aliphatic carbocycles. The van der Waals surface area contributed by atoms with E-state index in [1.54, 1.807) is 0 Å². The van der Waals surface area contributed by atoms with Crippen LogP contribution in [0.5, 0.6) is 0 Å². The summed E-state index contributed by atoms with van der Waals surface area (Å²) in [7, 11) is 0. The highest BCUT2D eigenvalue weighted by Gasteiger charge is 2.26. The van der Waals surface area contributed by atoms with Crippen molar-refractivity contribution in [2.45, 2.75) is 39.4 Å². The van der Waals surface area contributed by atoms with Crippen molar-refractivity contribution in [2.75, 3.05) is 37.8 Å². The van der Waals surface area contributed by atoms with E-state index < -0.39 is 11.7 Å². The molecule has 170 valence electrons. The largest absolute Gasteiger partial charge is 0.393 e. The second-order valence-electron chi connectivity index (χ2n) is 9.23. The van der Waals surface area contributed by atoms with Crippen LogP contribution in [-0.2, 0) is 9.47 Å². The predicted molar refractivity (Wildman–Crippen MR) is 131 cm³/mol. The van der Waals surface area contributed by atoms with Crippen molar-refractivity contribution in [3.8, 4) is 11.1 Å². The summed E-state index contributed by atoms with van der Waals surface area (Å²) in [4.78, 5) is 7.26. The molecule has 2 aromatic carbocycles. The molecule has 0 saturated carbocycles. The Kier molecular flexibility index (Phi) is 6.72. The fourth-order valence-corrected chi connectivity index (χ4v) is 4.46. The molecule has 3 aromatic rings. The van der Waals surface area contributed by atoms with Crippen LogP contribution >= 0.6 is 11.6 Å². The first-order valence-corrected chi connectivity index (χ1v) is 11.5. The number of hydrogen-bond donors (Lipinski definition) is 1. The van der Waals surface area contributed by atoms with Crippen molar-refractivity contribution in [1.82, 2.24) is 4.98 Å². The van der Waals surface area contributed by atoms with Gasteiger partial charge in [0.25, 0.3) is 0 Å². The molecule has 1 N–H and O–H groups in total. The summed E-state index contributed by atoms with van der Waals surface area (Å²) in [6.45, 7) is 11.1. The maximum Gasteiger partial charge on any atom is 0.129 e. The lowest BCUT2D eigenvalue weighted by atomic mass is 9.88. The molecule has 4 rings (SSSR count). The van der Waals surface area contributed by atoms with Gasteiger partial charge in [0.2, 0.25) is 0 Å². The Balaban J connectivity index is 1.92. The molecule has 0 radical (unpaired) electrons. The van der Waals surface area contributed by atoms with Gasteiger partial charge in [-0.25, -0.2) is 4.98 Å². The number of aliphatic hydroxyl groups excluding tert-OH is 1. The van der Waals surface area contributed by atoms with Gasteiger partial charge < -0.3 is 19.5 Å². The van der Waals surface area contributed by atoms with E-state index in [2.05, 4.69) is 30.0 Å². The minimum absolute atomic E-state index is 0.108. The molecular weight excluding hydrogens is 424 g/mol. The molecule has 1 atom stereocenters. The third-order valence-electron chi connectivity index (χ3n) is 5.68. The number of aromatic nitrogens is 1. The molecule has 0 spiro atoms. The fraction of sp³-hybridized carbons (Fsp3) is 0.423. The number of pyridine rings is 1. The van der Waals surface area contributed by atoms with Gasteiger partial charge in [0.05, 0.1) is 30.9 Å². The number of rotatable bonds is 5. The predicted octanol–water partition coefficient (Wildman–Crippen LogP) is 5.55. The highest BCUT2D eigenvalue weighted by atomic mass is 35.5. The molecular formula is C26H31ClN2O3.